The summed E-state index contributed by atoms with van der Waals surface area (Å²) in [5.74, 6) is 0. The van der Waals surface area contributed by atoms with Gasteiger partial charge in [-0.25, -0.2) is 0 Å². The minimum Gasteiger partial charge on any atom is -0.389 e. The Labute approximate surface area is 131 Å². The first kappa shape index (κ1) is 24.2. The molecule has 0 aliphatic carbocycles. The molecule has 0 aromatic heterocycles. The molecule has 0 heterocycles. The van der Waals surface area contributed by atoms with Crippen LogP contribution in [0, 0.1) is 5.41 Å². The highest BCUT2D eigenvalue weighted by molar-refractivity contribution is 5.85. The molecular formula is C14H31Cl2NO2. The smallest absolute Gasteiger partial charge is 0.0898 e. The van der Waals surface area contributed by atoms with Gasteiger partial charge in [0.15, 0.2) is 0 Å². The monoisotopic (exact) mass is 315 g/mol. The van der Waals surface area contributed by atoms with Crippen LogP contribution in [-0.2, 0) is 4.74 Å². The van der Waals surface area contributed by atoms with Crippen LogP contribution in [-0.4, -0.2) is 36.5 Å². The van der Waals surface area contributed by atoms with Gasteiger partial charge in [0, 0.05) is 12.1 Å². The Morgan fingerprint density at radius 2 is 1.74 bits per heavy atom. The van der Waals surface area contributed by atoms with Gasteiger partial charge < -0.3 is 15.2 Å². The Morgan fingerprint density at radius 1 is 1.21 bits per heavy atom. The molecule has 0 saturated carbocycles. The molecule has 118 valence electrons. The van der Waals surface area contributed by atoms with E-state index in [1.807, 2.05) is 0 Å². The molecule has 0 aliphatic rings. The van der Waals surface area contributed by atoms with Crippen LogP contribution in [0.5, 0.6) is 0 Å². The molecule has 2 N–H and O–H groups in total. The summed E-state index contributed by atoms with van der Waals surface area (Å²) in [7, 11) is 0. The summed E-state index contributed by atoms with van der Waals surface area (Å²) in [5.41, 5.74) is 0.304. The Hall–Kier alpha value is 0.200. The maximum absolute atomic E-state index is 9.72. The minimum absolute atomic E-state index is 0. The third-order valence-corrected chi connectivity index (χ3v) is 2.33. The van der Waals surface area contributed by atoms with E-state index in [0.29, 0.717) is 19.8 Å². The van der Waals surface area contributed by atoms with Crippen molar-refractivity contribution < 1.29 is 9.84 Å². The van der Waals surface area contributed by atoms with Crippen molar-refractivity contribution in [2.24, 2.45) is 5.41 Å². The van der Waals surface area contributed by atoms with E-state index in [2.05, 4.69) is 46.5 Å². The van der Waals surface area contributed by atoms with Gasteiger partial charge >= 0.3 is 0 Å². The van der Waals surface area contributed by atoms with Crippen molar-refractivity contribution in [1.82, 2.24) is 5.32 Å². The minimum atomic E-state index is -0.464. The fourth-order valence-corrected chi connectivity index (χ4v) is 2.13. The molecule has 0 fully saturated rings. The standard InChI is InChI=1S/C14H29NO2.2ClH/c1-7-8-17-10-12(16)9-15-14(5,6)11-13(2,3)4;;/h7,12,15-16H,1,8-11H2,2-6H3;2*1H. The van der Waals surface area contributed by atoms with Crippen molar-refractivity contribution in [2.75, 3.05) is 19.8 Å². The number of hydrogen-bond donors (Lipinski definition) is 2. The molecule has 0 radical (unpaired) electrons. The van der Waals surface area contributed by atoms with Crippen molar-refractivity contribution in [3.8, 4) is 0 Å². The van der Waals surface area contributed by atoms with Crippen molar-refractivity contribution in [1.29, 1.82) is 0 Å². The van der Waals surface area contributed by atoms with E-state index < -0.39 is 6.10 Å². The van der Waals surface area contributed by atoms with Crippen LogP contribution in [0.4, 0.5) is 0 Å². The lowest BCUT2D eigenvalue weighted by Gasteiger charge is -2.34. The first-order chi connectivity index (χ1) is 7.66. The number of aliphatic hydroxyl groups is 1. The number of halogens is 2. The van der Waals surface area contributed by atoms with Gasteiger partial charge in [0.1, 0.15) is 0 Å². The lowest BCUT2D eigenvalue weighted by atomic mass is 9.82. The van der Waals surface area contributed by atoms with Gasteiger partial charge in [0.05, 0.1) is 19.3 Å². The van der Waals surface area contributed by atoms with Gasteiger partial charge in [-0.3, -0.25) is 0 Å². The highest BCUT2D eigenvalue weighted by Gasteiger charge is 2.25. The predicted octanol–water partition coefficient (Wildman–Crippen LogP) is 3.20. The van der Waals surface area contributed by atoms with E-state index in [9.17, 15) is 5.11 Å². The van der Waals surface area contributed by atoms with E-state index in [-0.39, 0.29) is 35.8 Å². The Morgan fingerprint density at radius 3 is 2.16 bits per heavy atom. The fourth-order valence-electron chi connectivity index (χ4n) is 2.13. The van der Waals surface area contributed by atoms with E-state index in [0.717, 1.165) is 6.42 Å². The second-order valence-corrected chi connectivity index (χ2v) is 6.48. The van der Waals surface area contributed by atoms with Gasteiger partial charge in [-0.2, -0.15) is 0 Å². The van der Waals surface area contributed by atoms with Crippen LogP contribution in [0.1, 0.15) is 41.0 Å². The zero-order valence-corrected chi connectivity index (χ0v) is 14.5. The van der Waals surface area contributed by atoms with E-state index in [1.165, 1.54) is 0 Å². The predicted molar refractivity (Wildman–Crippen MR) is 87.7 cm³/mol. The van der Waals surface area contributed by atoms with Gasteiger partial charge in [0.25, 0.3) is 0 Å². The highest BCUT2D eigenvalue weighted by atomic mass is 35.5. The molecule has 1 atom stereocenters. The largest absolute Gasteiger partial charge is 0.389 e. The first-order valence-corrected chi connectivity index (χ1v) is 6.28. The maximum atomic E-state index is 9.72. The Balaban J connectivity index is -0.00000128. The second kappa shape index (κ2) is 10.9. The number of β-amino-alcohol motifs (C(OH)–C–C–N with tert-alkyl or cyclic N) is 1. The molecule has 0 bridgehead atoms. The molecule has 0 aliphatic heterocycles. The molecule has 0 spiro atoms. The fraction of sp³-hybridized carbons (Fsp3) is 0.857. The topological polar surface area (TPSA) is 41.5 Å². The Bertz CT molecular complexity index is 228. The molecule has 5 heteroatoms. The van der Waals surface area contributed by atoms with Crippen LogP contribution in [0.25, 0.3) is 0 Å². The summed E-state index contributed by atoms with van der Waals surface area (Å²) < 4.78 is 5.20. The number of hydrogen-bond acceptors (Lipinski definition) is 3. The summed E-state index contributed by atoms with van der Waals surface area (Å²) in [6.07, 6.45) is 2.28. The summed E-state index contributed by atoms with van der Waals surface area (Å²) >= 11 is 0. The molecule has 0 rings (SSSR count). The summed E-state index contributed by atoms with van der Waals surface area (Å²) in [6.45, 7) is 15.9. The average Bonchev–Trinajstić information content (AvgIpc) is 2.12. The molecular weight excluding hydrogens is 285 g/mol. The van der Waals surface area contributed by atoms with Gasteiger partial charge in [-0.05, 0) is 25.7 Å². The third kappa shape index (κ3) is 16.1. The van der Waals surface area contributed by atoms with Crippen molar-refractivity contribution in [3.05, 3.63) is 12.7 Å². The molecule has 1 unspecified atom stereocenters. The van der Waals surface area contributed by atoms with Gasteiger partial charge in [-0.15, -0.1) is 31.4 Å². The zero-order valence-electron chi connectivity index (χ0n) is 12.9. The Kier molecular flexibility index (Phi) is 13.9. The summed E-state index contributed by atoms with van der Waals surface area (Å²) in [4.78, 5) is 0. The number of ether oxygens (including phenoxy) is 1. The molecule has 0 saturated heterocycles. The van der Waals surface area contributed by atoms with Gasteiger partial charge in [-0.1, -0.05) is 26.8 Å². The van der Waals surface area contributed by atoms with Crippen molar-refractivity contribution in [3.63, 3.8) is 0 Å². The van der Waals surface area contributed by atoms with Crippen LogP contribution in [0.3, 0.4) is 0 Å². The lowest BCUT2D eigenvalue weighted by Crippen LogP contribution is -2.46. The van der Waals surface area contributed by atoms with Crippen molar-refractivity contribution in [2.45, 2.75) is 52.7 Å². The molecule has 3 nitrogen and oxygen atoms in total. The quantitative estimate of drug-likeness (QED) is 0.534. The van der Waals surface area contributed by atoms with Crippen LogP contribution in [0.2, 0.25) is 0 Å². The van der Waals surface area contributed by atoms with E-state index >= 15 is 0 Å². The van der Waals surface area contributed by atoms with E-state index in [4.69, 9.17) is 4.74 Å². The molecule has 0 amide bonds. The van der Waals surface area contributed by atoms with Crippen LogP contribution >= 0.6 is 24.8 Å². The zero-order chi connectivity index (χ0) is 13.5. The SMILES string of the molecule is C=CCOCC(O)CNC(C)(C)CC(C)(C)C.Cl.Cl. The molecule has 0 aromatic carbocycles. The normalized spacial score (nSPS) is 13.2. The lowest BCUT2D eigenvalue weighted by molar-refractivity contribution is 0.0437. The third-order valence-electron chi connectivity index (χ3n) is 2.33. The van der Waals surface area contributed by atoms with Gasteiger partial charge in [0.2, 0.25) is 0 Å². The average molecular weight is 316 g/mol. The summed E-state index contributed by atoms with van der Waals surface area (Å²) in [5, 5.41) is 13.1. The first-order valence-electron chi connectivity index (χ1n) is 6.28. The molecule has 19 heavy (non-hydrogen) atoms. The van der Waals surface area contributed by atoms with Crippen LogP contribution in [0.15, 0.2) is 12.7 Å². The second-order valence-electron chi connectivity index (χ2n) is 6.48. The number of nitrogens with one attached hydrogen (secondary N) is 1. The molecule has 0 aromatic rings. The number of aliphatic hydroxyl groups excluding tert-OH is 1. The summed E-state index contributed by atoms with van der Waals surface area (Å²) in [6, 6.07) is 0. The van der Waals surface area contributed by atoms with Crippen LogP contribution < -0.4 is 5.32 Å². The van der Waals surface area contributed by atoms with E-state index in [1.54, 1.807) is 6.08 Å². The highest BCUT2D eigenvalue weighted by Crippen LogP contribution is 2.26. The van der Waals surface area contributed by atoms with Crippen molar-refractivity contribution >= 4 is 24.8 Å². The maximum Gasteiger partial charge on any atom is 0.0898 e. The number of rotatable bonds is 8.